The minimum absolute atomic E-state index is 0.470. The molecule has 1 heterocycles. The van der Waals surface area contributed by atoms with Gasteiger partial charge in [0.25, 0.3) is 0 Å². The van der Waals surface area contributed by atoms with Crippen LogP contribution in [-0.2, 0) is 0 Å². The second-order valence-electron chi connectivity index (χ2n) is 5.49. The molecule has 0 spiro atoms. The van der Waals surface area contributed by atoms with Gasteiger partial charge in [-0.3, -0.25) is 0 Å². The van der Waals surface area contributed by atoms with E-state index in [2.05, 4.69) is 39.9 Å². The zero-order valence-corrected chi connectivity index (χ0v) is 9.85. The van der Waals surface area contributed by atoms with Gasteiger partial charge in [0.1, 0.15) is 0 Å². The van der Waals surface area contributed by atoms with Gasteiger partial charge in [-0.25, -0.2) is 0 Å². The molecule has 0 aliphatic carbocycles. The van der Waals surface area contributed by atoms with Crippen molar-refractivity contribution < 1.29 is 0 Å². The largest absolute Gasteiger partial charge is 0.311 e. The molecule has 78 valence electrons. The van der Waals surface area contributed by atoms with E-state index >= 15 is 0 Å². The molecule has 0 bridgehead atoms. The molecule has 1 heteroatoms. The van der Waals surface area contributed by atoms with Crippen molar-refractivity contribution in [2.75, 3.05) is 0 Å². The fraction of sp³-hybridized carbons (Fsp3) is 1.00. The number of nitrogens with one attached hydrogen (secondary N) is 1. The molecule has 1 saturated heterocycles. The predicted molar refractivity (Wildman–Crippen MR) is 58.9 cm³/mol. The van der Waals surface area contributed by atoms with E-state index < -0.39 is 0 Å². The van der Waals surface area contributed by atoms with Crippen LogP contribution >= 0.6 is 0 Å². The van der Waals surface area contributed by atoms with Gasteiger partial charge in [-0.05, 0) is 30.6 Å². The molecule has 1 nitrogen and oxygen atoms in total. The van der Waals surface area contributed by atoms with Crippen molar-refractivity contribution in [1.82, 2.24) is 5.32 Å². The number of rotatable bonds is 2. The first-order valence-corrected chi connectivity index (χ1v) is 5.75. The number of hydrogen-bond acceptors (Lipinski definition) is 1. The van der Waals surface area contributed by atoms with Crippen molar-refractivity contribution in [2.45, 2.75) is 66.0 Å². The summed E-state index contributed by atoms with van der Waals surface area (Å²) in [6.07, 6.45) is 3.93. The lowest BCUT2D eigenvalue weighted by Gasteiger charge is -2.31. The minimum atomic E-state index is 0.470. The Kier molecular flexibility index (Phi) is 3.39. The average Bonchev–Trinajstić information content (AvgIpc) is 2.46. The first-order valence-electron chi connectivity index (χ1n) is 5.75. The standard InChI is InChI=1S/C12H25N/c1-6-9-8-10(12(3,4)5)11(7-2)13-9/h9-11,13H,6-8H2,1-5H3. The molecule has 3 atom stereocenters. The Morgan fingerprint density at radius 3 is 2.08 bits per heavy atom. The van der Waals surface area contributed by atoms with Crippen LogP contribution in [0, 0.1) is 11.3 Å². The molecule has 1 aliphatic heterocycles. The van der Waals surface area contributed by atoms with E-state index in [1.54, 1.807) is 0 Å². The molecule has 13 heavy (non-hydrogen) atoms. The molecule has 0 aromatic rings. The molecule has 0 aromatic heterocycles. The smallest absolute Gasteiger partial charge is 0.0101 e. The maximum atomic E-state index is 3.75. The van der Waals surface area contributed by atoms with Crippen LogP contribution in [0.15, 0.2) is 0 Å². The SMILES string of the molecule is CCC1CC(C(C)(C)C)C(CC)N1. The van der Waals surface area contributed by atoms with Gasteiger partial charge >= 0.3 is 0 Å². The van der Waals surface area contributed by atoms with E-state index in [-0.39, 0.29) is 0 Å². The van der Waals surface area contributed by atoms with Crippen molar-refractivity contribution in [2.24, 2.45) is 11.3 Å². The summed E-state index contributed by atoms with van der Waals surface area (Å²) in [7, 11) is 0. The van der Waals surface area contributed by atoms with Crippen LogP contribution in [-0.4, -0.2) is 12.1 Å². The molecule has 1 rings (SSSR count). The van der Waals surface area contributed by atoms with Crippen molar-refractivity contribution in [1.29, 1.82) is 0 Å². The average molecular weight is 183 g/mol. The van der Waals surface area contributed by atoms with E-state index in [0.29, 0.717) is 5.41 Å². The maximum Gasteiger partial charge on any atom is 0.0101 e. The third kappa shape index (κ3) is 2.46. The highest BCUT2D eigenvalue weighted by molar-refractivity contribution is 4.94. The Bertz CT molecular complexity index is 157. The van der Waals surface area contributed by atoms with Gasteiger partial charge in [-0.15, -0.1) is 0 Å². The van der Waals surface area contributed by atoms with Crippen molar-refractivity contribution in [3.05, 3.63) is 0 Å². The minimum Gasteiger partial charge on any atom is -0.311 e. The van der Waals surface area contributed by atoms with E-state index in [1.165, 1.54) is 19.3 Å². The summed E-state index contributed by atoms with van der Waals surface area (Å²) >= 11 is 0. The van der Waals surface area contributed by atoms with E-state index in [0.717, 1.165) is 18.0 Å². The van der Waals surface area contributed by atoms with Crippen molar-refractivity contribution >= 4 is 0 Å². The Balaban J connectivity index is 2.63. The highest BCUT2D eigenvalue weighted by Crippen LogP contribution is 2.38. The molecule has 0 amide bonds. The summed E-state index contributed by atoms with van der Waals surface area (Å²) in [6.45, 7) is 11.7. The van der Waals surface area contributed by atoms with Gasteiger partial charge < -0.3 is 5.32 Å². The Hall–Kier alpha value is -0.0400. The highest BCUT2D eigenvalue weighted by atomic mass is 15.0. The molecular weight excluding hydrogens is 158 g/mol. The van der Waals surface area contributed by atoms with Crippen LogP contribution in [0.4, 0.5) is 0 Å². The highest BCUT2D eigenvalue weighted by Gasteiger charge is 2.38. The lowest BCUT2D eigenvalue weighted by Crippen LogP contribution is -2.34. The van der Waals surface area contributed by atoms with Crippen molar-refractivity contribution in [3.8, 4) is 0 Å². The maximum absolute atomic E-state index is 3.75. The van der Waals surface area contributed by atoms with Gasteiger partial charge in [0.2, 0.25) is 0 Å². The normalized spacial score (nSPS) is 35.3. The quantitative estimate of drug-likeness (QED) is 0.693. The Morgan fingerprint density at radius 2 is 1.77 bits per heavy atom. The summed E-state index contributed by atoms with van der Waals surface area (Å²) in [6, 6.07) is 1.53. The molecule has 3 unspecified atom stereocenters. The van der Waals surface area contributed by atoms with Gasteiger partial charge in [-0.1, -0.05) is 34.6 Å². The van der Waals surface area contributed by atoms with Crippen LogP contribution in [0.5, 0.6) is 0 Å². The summed E-state index contributed by atoms with van der Waals surface area (Å²) in [5.74, 6) is 0.863. The Morgan fingerprint density at radius 1 is 1.15 bits per heavy atom. The van der Waals surface area contributed by atoms with Gasteiger partial charge in [0, 0.05) is 12.1 Å². The lowest BCUT2D eigenvalue weighted by molar-refractivity contribution is 0.213. The van der Waals surface area contributed by atoms with E-state index in [4.69, 9.17) is 0 Å². The molecule has 1 aliphatic rings. The Labute approximate surface area is 83.3 Å². The first-order chi connectivity index (χ1) is 5.99. The fourth-order valence-electron chi connectivity index (χ4n) is 2.60. The van der Waals surface area contributed by atoms with E-state index in [9.17, 15) is 0 Å². The molecular formula is C12H25N. The molecule has 0 radical (unpaired) electrons. The zero-order chi connectivity index (χ0) is 10.1. The fourth-order valence-corrected chi connectivity index (χ4v) is 2.60. The van der Waals surface area contributed by atoms with Crippen LogP contribution in [0.1, 0.15) is 53.9 Å². The number of hydrogen-bond donors (Lipinski definition) is 1. The van der Waals surface area contributed by atoms with Crippen LogP contribution in [0.2, 0.25) is 0 Å². The van der Waals surface area contributed by atoms with Gasteiger partial charge in [0.15, 0.2) is 0 Å². The van der Waals surface area contributed by atoms with Crippen LogP contribution < -0.4 is 5.32 Å². The summed E-state index contributed by atoms with van der Waals surface area (Å²) in [5.41, 5.74) is 0.470. The monoisotopic (exact) mass is 183 g/mol. The third-order valence-corrected chi connectivity index (χ3v) is 3.52. The van der Waals surface area contributed by atoms with Gasteiger partial charge in [0.05, 0.1) is 0 Å². The lowest BCUT2D eigenvalue weighted by atomic mass is 9.75. The molecule has 0 saturated carbocycles. The van der Waals surface area contributed by atoms with Crippen LogP contribution in [0.25, 0.3) is 0 Å². The van der Waals surface area contributed by atoms with Crippen LogP contribution in [0.3, 0.4) is 0 Å². The first kappa shape index (κ1) is 11.0. The third-order valence-electron chi connectivity index (χ3n) is 3.52. The molecule has 0 aromatic carbocycles. The second kappa shape index (κ2) is 4.00. The van der Waals surface area contributed by atoms with E-state index in [1.807, 2.05) is 0 Å². The summed E-state index contributed by atoms with van der Waals surface area (Å²) in [4.78, 5) is 0. The summed E-state index contributed by atoms with van der Waals surface area (Å²) in [5, 5.41) is 3.75. The van der Waals surface area contributed by atoms with Gasteiger partial charge in [-0.2, -0.15) is 0 Å². The topological polar surface area (TPSA) is 12.0 Å². The zero-order valence-electron chi connectivity index (χ0n) is 9.85. The molecule has 1 N–H and O–H groups in total. The second-order valence-corrected chi connectivity index (χ2v) is 5.49. The van der Waals surface area contributed by atoms with Crippen molar-refractivity contribution in [3.63, 3.8) is 0 Å². The molecule has 1 fully saturated rings. The predicted octanol–water partition coefficient (Wildman–Crippen LogP) is 3.20. The summed E-state index contributed by atoms with van der Waals surface area (Å²) < 4.78 is 0.